The maximum Gasteiger partial charge on any atom is 0.109 e. The third kappa shape index (κ3) is 6.65. The van der Waals surface area contributed by atoms with Crippen molar-refractivity contribution in [3.63, 3.8) is 0 Å². The third-order valence-electron chi connectivity index (χ3n) is 8.76. The Kier molecular flexibility index (Phi) is 8.75. The molecule has 1 saturated heterocycles. The summed E-state index contributed by atoms with van der Waals surface area (Å²) in [5.41, 5.74) is 5.75. The molecule has 45 heavy (non-hydrogen) atoms. The molecule has 1 aliphatic rings. The molecule has 3 aromatic carbocycles. The molecule has 2 atom stereocenters. The Morgan fingerprint density at radius 3 is 2.27 bits per heavy atom. The number of nitrogens with zero attached hydrogens (tertiary/aromatic N) is 6. The zero-order valence-corrected chi connectivity index (χ0v) is 27.0. The number of anilines is 2. The minimum Gasteiger partial charge on any atom is -0.377 e. The zero-order chi connectivity index (χ0) is 31.6. The molecule has 3 heterocycles. The molecule has 0 aliphatic carbocycles. The topological polar surface area (TPSA) is 94.7 Å². The lowest BCUT2D eigenvalue weighted by Crippen LogP contribution is -2.46. The lowest BCUT2D eigenvalue weighted by atomic mass is 9.98. The molecule has 2 N–H and O–H groups in total. The molecule has 8 nitrogen and oxygen atoms in total. The minimum atomic E-state index is -0.269. The van der Waals surface area contributed by atoms with Gasteiger partial charge in [0.1, 0.15) is 11.8 Å². The minimum absolute atomic E-state index is 0.0401. The summed E-state index contributed by atoms with van der Waals surface area (Å²) in [4.78, 5) is 7.09. The predicted octanol–water partition coefficient (Wildman–Crippen LogP) is 8.16. The average molecular weight is 619 g/mol. The maximum absolute atomic E-state index is 10.0. The molecule has 1 fully saturated rings. The molecular formula is C36H39ClN8. The van der Waals surface area contributed by atoms with Gasteiger partial charge in [-0.15, -0.1) is 5.10 Å². The predicted molar refractivity (Wildman–Crippen MR) is 181 cm³/mol. The van der Waals surface area contributed by atoms with Crippen LogP contribution in [0.25, 0.3) is 10.9 Å². The van der Waals surface area contributed by atoms with E-state index in [1.165, 1.54) is 0 Å². The van der Waals surface area contributed by atoms with Crippen molar-refractivity contribution in [1.82, 2.24) is 24.9 Å². The molecule has 0 spiro atoms. The number of rotatable bonds is 8. The highest BCUT2D eigenvalue weighted by Crippen LogP contribution is 2.37. The van der Waals surface area contributed by atoms with Crippen LogP contribution >= 0.6 is 11.6 Å². The van der Waals surface area contributed by atoms with Gasteiger partial charge in [-0.2, -0.15) is 5.26 Å². The second-order valence-corrected chi connectivity index (χ2v) is 13.2. The van der Waals surface area contributed by atoms with Crippen molar-refractivity contribution in [2.75, 3.05) is 23.7 Å². The Bertz CT molecular complexity index is 1800. The Balaban J connectivity index is 1.33. The average Bonchev–Trinajstić information content (AvgIpc) is 3.54. The van der Waals surface area contributed by atoms with E-state index in [0.29, 0.717) is 27.8 Å². The van der Waals surface area contributed by atoms with Crippen molar-refractivity contribution in [3.8, 4) is 6.07 Å². The van der Waals surface area contributed by atoms with E-state index in [9.17, 15) is 5.26 Å². The third-order valence-corrected chi connectivity index (χ3v) is 9.05. The van der Waals surface area contributed by atoms with Crippen molar-refractivity contribution in [3.05, 3.63) is 113 Å². The summed E-state index contributed by atoms with van der Waals surface area (Å²) in [6.07, 6.45) is 5.73. The molecule has 230 valence electrons. The van der Waals surface area contributed by atoms with Gasteiger partial charge in [0.15, 0.2) is 0 Å². The summed E-state index contributed by atoms with van der Waals surface area (Å²) in [6, 6.07) is 26.6. The van der Waals surface area contributed by atoms with Gasteiger partial charge in [-0.25, -0.2) is 4.68 Å². The summed E-state index contributed by atoms with van der Waals surface area (Å²) < 4.78 is 2.04. The van der Waals surface area contributed by atoms with Crippen LogP contribution in [0.3, 0.4) is 0 Å². The fourth-order valence-electron chi connectivity index (χ4n) is 6.17. The Morgan fingerprint density at radius 1 is 0.956 bits per heavy atom. The summed E-state index contributed by atoms with van der Waals surface area (Å²) in [5.74, 6) is 0. The van der Waals surface area contributed by atoms with Crippen LogP contribution in [0.15, 0.2) is 85.2 Å². The molecule has 0 saturated carbocycles. The lowest BCUT2D eigenvalue weighted by molar-refractivity contribution is 0.0866. The molecule has 6 rings (SSSR count). The first-order chi connectivity index (χ1) is 21.7. The normalized spacial score (nSPS) is 15.8. The van der Waals surface area contributed by atoms with Gasteiger partial charge in [-0.05, 0) is 63.8 Å². The van der Waals surface area contributed by atoms with Crippen molar-refractivity contribution < 1.29 is 0 Å². The first-order valence-corrected chi connectivity index (χ1v) is 15.9. The smallest absolute Gasteiger partial charge is 0.109 e. The fraction of sp³-hybridized carbons (Fsp3) is 0.333. The number of pyridine rings is 1. The van der Waals surface area contributed by atoms with E-state index >= 15 is 0 Å². The van der Waals surface area contributed by atoms with Gasteiger partial charge in [0, 0.05) is 41.9 Å². The largest absolute Gasteiger partial charge is 0.377 e. The molecule has 0 amide bonds. The van der Waals surface area contributed by atoms with Gasteiger partial charge in [0.2, 0.25) is 0 Å². The van der Waals surface area contributed by atoms with Gasteiger partial charge in [-0.1, -0.05) is 77.5 Å². The van der Waals surface area contributed by atoms with Crippen molar-refractivity contribution in [1.29, 1.82) is 5.26 Å². The highest BCUT2D eigenvalue weighted by Gasteiger charge is 2.29. The van der Waals surface area contributed by atoms with Gasteiger partial charge in [0.25, 0.3) is 0 Å². The van der Waals surface area contributed by atoms with Crippen molar-refractivity contribution in [2.45, 2.75) is 64.2 Å². The SMILES string of the molecule is C[C@@H](Nc1c(C#N)cnc2c(Cl)cc(N[C@@H](c3ccccc3)c3cn(C4CCN(C(C)(C)C)CC4)nn3)cc12)c1ccccc1. The van der Waals surface area contributed by atoms with Crippen LogP contribution < -0.4 is 10.6 Å². The van der Waals surface area contributed by atoms with Crippen LogP contribution in [0, 0.1) is 11.3 Å². The Hall–Kier alpha value is -4.45. The Morgan fingerprint density at radius 2 is 1.62 bits per heavy atom. The van der Waals surface area contributed by atoms with E-state index in [2.05, 4.69) is 95.1 Å². The zero-order valence-electron chi connectivity index (χ0n) is 26.2. The summed E-state index contributed by atoms with van der Waals surface area (Å²) in [6.45, 7) is 11.0. The quantitative estimate of drug-likeness (QED) is 0.181. The first kappa shape index (κ1) is 30.6. The second kappa shape index (κ2) is 12.9. The van der Waals surface area contributed by atoms with E-state index in [1.54, 1.807) is 6.20 Å². The highest BCUT2D eigenvalue weighted by molar-refractivity contribution is 6.35. The number of likely N-dealkylation sites (tertiary alicyclic amines) is 1. The molecule has 0 radical (unpaired) electrons. The number of hydrogen-bond acceptors (Lipinski definition) is 7. The van der Waals surface area contributed by atoms with Crippen LogP contribution in [0.4, 0.5) is 11.4 Å². The lowest BCUT2D eigenvalue weighted by Gasteiger charge is -2.40. The summed E-state index contributed by atoms with van der Waals surface area (Å²) in [5, 5.41) is 27.8. The number of fused-ring (bicyclic) bond motifs is 1. The fourth-order valence-corrected chi connectivity index (χ4v) is 6.44. The monoisotopic (exact) mass is 618 g/mol. The summed E-state index contributed by atoms with van der Waals surface area (Å²) in [7, 11) is 0. The van der Waals surface area contributed by atoms with Gasteiger partial charge < -0.3 is 10.6 Å². The molecule has 0 bridgehead atoms. The molecule has 0 unspecified atom stereocenters. The standard InChI is InChI=1S/C36H39ClN8/c1-24(25-11-7-5-8-12-25)40-33-27(21-38)22-39-35-30(33)19-28(20-31(35)37)41-34(26-13-9-6-10-14-26)32-23-45(43-42-32)29-15-17-44(18-16-29)36(2,3)4/h5-14,19-20,22-24,29,34,41H,15-18H2,1-4H3,(H,39,40)/t24-,34+/m1/s1. The van der Waals surface area contributed by atoms with Crippen LogP contribution in [0.5, 0.6) is 0 Å². The van der Waals surface area contributed by atoms with Crippen molar-refractivity contribution in [2.24, 2.45) is 0 Å². The molecule has 2 aromatic heterocycles. The van der Waals surface area contributed by atoms with Crippen molar-refractivity contribution >= 4 is 33.9 Å². The number of piperidine rings is 1. The number of aromatic nitrogens is 4. The number of hydrogen-bond donors (Lipinski definition) is 2. The maximum atomic E-state index is 10.0. The van der Waals surface area contributed by atoms with Crippen LogP contribution in [-0.2, 0) is 0 Å². The van der Waals surface area contributed by atoms with Gasteiger partial charge in [-0.3, -0.25) is 9.88 Å². The van der Waals surface area contributed by atoms with Crippen LogP contribution in [0.2, 0.25) is 5.02 Å². The van der Waals surface area contributed by atoms with E-state index < -0.39 is 0 Å². The summed E-state index contributed by atoms with van der Waals surface area (Å²) >= 11 is 6.86. The van der Waals surface area contributed by atoms with E-state index in [1.807, 2.05) is 53.2 Å². The molecule has 1 aliphatic heterocycles. The number of benzene rings is 3. The number of nitrogens with one attached hydrogen (secondary N) is 2. The highest BCUT2D eigenvalue weighted by atomic mass is 35.5. The van der Waals surface area contributed by atoms with E-state index in [4.69, 9.17) is 11.6 Å². The first-order valence-electron chi connectivity index (χ1n) is 15.5. The van der Waals surface area contributed by atoms with Crippen LogP contribution in [0.1, 0.15) is 81.0 Å². The molecule has 5 aromatic rings. The number of halogens is 1. The molecular weight excluding hydrogens is 580 g/mol. The van der Waals surface area contributed by atoms with Gasteiger partial charge in [0.05, 0.1) is 40.1 Å². The van der Waals surface area contributed by atoms with E-state index in [-0.39, 0.29) is 17.6 Å². The Labute approximate surface area is 270 Å². The van der Waals surface area contributed by atoms with Gasteiger partial charge >= 0.3 is 0 Å². The number of nitriles is 1. The second-order valence-electron chi connectivity index (χ2n) is 12.8. The van der Waals surface area contributed by atoms with E-state index in [0.717, 1.165) is 53.8 Å². The molecule has 9 heteroatoms. The van der Waals surface area contributed by atoms with Crippen LogP contribution in [-0.4, -0.2) is 43.5 Å².